The van der Waals surface area contributed by atoms with Crippen molar-refractivity contribution in [2.24, 2.45) is 0 Å². The maximum absolute atomic E-state index is 12.2. The molecule has 0 N–H and O–H groups in total. The van der Waals surface area contributed by atoms with Gasteiger partial charge in [0.25, 0.3) is 10.1 Å². The molecule has 0 bridgehead atoms. The van der Waals surface area contributed by atoms with Gasteiger partial charge in [0.05, 0.1) is 11.5 Å². The van der Waals surface area contributed by atoms with Crippen molar-refractivity contribution < 1.29 is 12.6 Å². The topological polar surface area (TPSA) is 43.4 Å². The second-order valence-corrected chi connectivity index (χ2v) is 6.83. The minimum absolute atomic E-state index is 0.0288. The number of hydrogen-bond acceptors (Lipinski definition) is 3. The van der Waals surface area contributed by atoms with Gasteiger partial charge in [-0.15, -0.1) is 0 Å². The quantitative estimate of drug-likeness (QED) is 0.683. The lowest BCUT2D eigenvalue weighted by Gasteiger charge is -2.07. The maximum atomic E-state index is 12.2. The molecule has 0 aliphatic rings. The van der Waals surface area contributed by atoms with Crippen molar-refractivity contribution >= 4 is 20.9 Å². The highest BCUT2D eigenvalue weighted by molar-refractivity contribution is 7.86. The molecule has 0 fully saturated rings. The lowest BCUT2D eigenvalue weighted by atomic mass is 10.1. The smallest absolute Gasteiger partial charge is 0.262 e. The molecule has 3 aromatic rings. The van der Waals surface area contributed by atoms with Crippen LogP contribution in [0.5, 0.6) is 0 Å². The fraction of sp³-hybridized carbons (Fsp3) is 0.111. The van der Waals surface area contributed by atoms with Crippen LogP contribution in [0.1, 0.15) is 11.1 Å². The standard InChI is InChI=1S/C18H16O3S/c1-14-6-10-18(11-7-14)22(19,20)21-13-15-8-9-16-4-2-3-5-17(16)12-15/h2-12H,13H2,1H3. The van der Waals surface area contributed by atoms with E-state index in [1.807, 2.05) is 49.4 Å². The van der Waals surface area contributed by atoms with E-state index in [4.69, 9.17) is 4.18 Å². The zero-order chi connectivity index (χ0) is 15.6. The van der Waals surface area contributed by atoms with Gasteiger partial charge in [0.2, 0.25) is 0 Å². The van der Waals surface area contributed by atoms with Crippen LogP contribution < -0.4 is 0 Å². The SMILES string of the molecule is Cc1ccc(S(=O)(=O)OCc2ccc3ccccc3c2)cc1. The van der Waals surface area contributed by atoms with Crippen molar-refractivity contribution in [2.45, 2.75) is 18.4 Å². The van der Waals surface area contributed by atoms with E-state index in [0.29, 0.717) is 0 Å². The number of benzene rings is 3. The number of aryl methyl sites for hydroxylation is 1. The van der Waals surface area contributed by atoms with Gasteiger partial charge in [-0.2, -0.15) is 8.42 Å². The van der Waals surface area contributed by atoms with Gasteiger partial charge in [0.15, 0.2) is 0 Å². The van der Waals surface area contributed by atoms with Crippen molar-refractivity contribution in [3.05, 3.63) is 77.9 Å². The van der Waals surface area contributed by atoms with Crippen LogP contribution in [0.3, 0.4) is 0 Å². The van der Waals surface area contributed by atoms with Gasteiger partial charge in [0.1, 0.15) is 0 Å². The molecule has 3 rings (SSSR count). The predicted octanol–water partition coefficient (Wildman–Crippen LogP) is 4.05. The largest absolute Gasteiger partial charge is 0.297 e. The average Bonchev–Trinajstić information content (AvgIpc) is 2.53. The van der Waals surface area contributed by atoms with E-state index in [1.54, 1.807) is 24.3 Å². The molecule has 0 saturated heterocycles. The lowest BCUT2D eigenvalue weighted by molar-refractivity contribution is 0.308. The minimum atomic E-state index is -3.73. The van der Waals surface area contributed by atoms with E-state index < -0.39 is 10.1 Å². The first-order valence-electron chi connectivity index (χ1n) is 6.98. The molecule has 0 heterocycles. The van der Waals surface area contributed by atoms with Crippen LogP contribution in [0.4, 0.5) is 0 Å². The summed E-state index contributed by atoms with van der Waals surface area (Å²) in [6.45, 7) is 1.94. The minimum Gasteiger partial charge on any atom is -0.262 e. The first kappa shape index (κ1) is 14.8. The van der Waals surface area contributed by atoms with Crippen LogP contribution in [-0.2, 0) is 20.9 Å². The molecule has 3 nitrogen and oxygen atoms in total. The number of rotatable bonds is 4. The number of hydrogen-bond donors (Lipinski definition) is 0. The second kappa shape index (κ2) is 5.91. The molecule has 22 heavy (non-hydrogen) atoms. The maximum Gasteiger partial charge on any atom is 0.297 e. The molecule has 0 saturated carbocycles. The Hall–Kier alpha value is -2.17. The molecule has 0 spiro atoms. The third-order valence-corrected chi connectivity index (χ3v) is 4.78. The molecule has 0 radical (unpaired) electrons. The molecule has 0 aliphatic carbocycles. The van der Waals surface area contributed by atoms with Gasteiger partial charge in [-0.05, 0) is 41.5 Å². The Bertz CT molecular complexity index is 897. The summed E-state index contributed by atoms with van der Waals surface area (Å²) in [5.74, 6) is 0. The molecular formula is C18H16O3S. The summed E-state index contributed by atoms with van der Waals surface area (Å²) in [4.78, 5) is 0.180. The lowest BCUT2D eigenvalue weighted by Crippen LogP contribution is -2.06. The third-order valence-electron chi connectivity index (χ3n) is 3.50. The van der Waals surface area contributed by atoms with Crippen LogP contribution in [0.15, 0.2) is 71.6 Å². The molecule has 0 amide bonds. The first-order chi connectivity index (χ1) is 10.5. The highest BCUT2D eigenvalue weighted by atomic mass is 32.2. The monoisotopic (exact) mass is 312 g/mol. The predicted molar refractivity (Wildman–Crippen MR) is 87.1 cm³/mol. The third kappa shape index (κ3) is 3.18. The highest BCUT2D eigenvalue weighted by Gasteiger charge is 2.14. The van der Waals surface area contributed by atoms with Crippen LogP contribution in [-0.4, -0.2) is 8.42 Å². The summed E-state index contributed by atoms with van der Waals surface area (Å²) in [6.07, 6.45) is 0. The summed E-state index contributed by atoms with van der Waals surface area (Å²) in [6, 6.07) is 20.4. The van der Waals surface area contributed by atoms with Crippen LogP contribution in [0.25, 0.3) is 10.8 Å². The molecule has 0 atom stereocenters. The molecule has 3 aromatic carbocycles. The van der Waals surface area contributed by atoms with Gasteiger partial charge in [-0.1, -0.05) is 54.1 Å². The molecule has 112 valence electrons. The Balaban J connectivity index is 1.79. The van der Waals surface area contributed by atoms with E-state index in [1.165, 1.54) is 0 Å². The average molecular weight is 312 g/mol. The Morgan fingerprint density at radius 3 is 2.27 bits per heavy atom. The fourth-order valence-electron chi connectivity index (χ4n) is 2.25. The fourth-order valence-corrected chi connectivity index (χ4v) is 3.14. The summed E-state index contributed by atoms with van der Waals surface area (Å²) in [5.41, 5.74) is 1.84. The summed E-state index contributed by atoms with van der Waals surface area (Å²) in [5, 5.41) is 2.18. The van der Waals surface area contributed by atoms with Crippen molar-refractivity contribution in [3.63, 3.8) is 0 Å². The molecular weight excluding hydrogens is 296 g/mol. The van der Waals surface area contributed by atoms with Gasteiger partial charge in [0, 0.05) is 0 Å². The van der Waals surface area contributed by atoms with Crippen molar-refractivity contribution in [3.8, 4) is 0 Å². The number of fused-ring (bicyclic) bond motifs is 1. The zero-order valence-electron chi connectivity index (χ0n) is 12.2. The van der Waals surface area contributed by atoms with Gasteiger partial charge >= 0.3 is 0 Å². The highest BCUT2D eigenvalue weighted by Crippen LogP contribution is 2.19. The molecule has 0 unspecified atom stereocenters. The molecule has 0 aliphatic heterocycles. The van der Waals surface area contributed by atoms with E-state index in [0.717, 1.165) is 21.9 Å². The Morgan fingerprint density at radius 2 is 1.55 bits per heavy atom. The zero-order valence-corrected chi connectivity index (χ0v) is 13.0. The Kier molecular flexibility index (Phi) is 3.96. The normalized spacial score (nSPS) is 11.7. The first-order valence-corrected chi connectivity index (χ1v) is 8.39. The molecule has 0 aromatic heterocycles. The van der Waals surface area contributed by atoms with Gasteiger partial charge < -0.3 is 0 Å². The van der Waals surface area contributed by atoms with E-state index in [-0.39, 0.29) is 11.5 Å². The Labute approximate surface area is 130 Å². The van der Waals surface area contributed by atoms with Gasteiger partial charge in [-0.25, -0.2) is 0 Å². The summed E-state index contributed by atoms with van der Waals surface area (Å²) in [7, 11) is -3.73. The van der Waals surface area contributed by atoms with E-state index in [2.05, 4.69) is 0 Å². The summed E-state index contributed by atoms with van der Waals surface area (Å²) >= 11 is 0. The van der Waals surface area contributed by atoms with Crippen molar-refractivity contribution in [1.29, 1.82) is 0 Å². The van der Waals surface area contributed by atoms with Crippen LogP contribution in [0.2, 0.25) is 0 Å². The van der Waals surface area contributed by atoms with Crippen molar-refractivity contribution in [2.75, 3.05) is 0 Å². The Morgan fingerprint density at radius 1 is 0.864 bits per heavy atom. The van der Waals surface area contributed by atoms with Crippen molar-refractivity contribution in [1.82, 2.24) is 0 Å². The van der Waals surface area contributed by atoms with Crippen LogP contribution in [0, 0.1) is 6.92 Å². The van der Waals surface area contributed by atoms with Crippen LogP contribution >= 0.6 is 0 Å². The van der Waals surface area contributed by atoms with E-state index in [9.17, 15) is 8.42 Å². The summed E-state index contributed by atoms with van der Waals surface area (Å²) < 4.78 is 29.5. The second-order valence-electron chi connectivity index (χ2n) is 5.21. The van der Waals surface area contributed by atoms with E-state index >= 15 is 0 Å². The van der Waals surface area contributed by atoms with Gasteiger partial charge in [-0.3, -0.25) is 4.18 Å². The molecule has 4 heteroatoms.